The Bertz CT molecular complexity index is 1230. The lowest BCUT2D eigenvalue weighted by Gasteiger charge is -2.35. The number of hydrogen-bond acceptors (Lipinski definition) is 6. The monoisotopic (exact) mass is 459 g/mol. The number of esters is 1. The van der Waals surface area contributed by atoms with E-state index < -0.39 is 12.0 Å². The predicted molar refractivity (Wildman–Crippen MR) is 129 cm³/mol. The van der Waals surface area contributed by atoms with Gasteiger partial charge in [-0.25, -0.2) is 9.48 Å². The van der Waals surface area contributed by atoms with Crippen molar-refractivity contribution in [1.29, 1.82) is 0 Å². The summed E-state index contributed by atoms with van der Waals surface area (Å²) in [6.07, 6.45) is 1.44. The highest BCUT2D eigenvalue weighted by Gasteiger charge is 2.38. The van der Waals surface area contributed by atoms with Crippen molar-refractivity contribution in [2.45, 2.75) is 40.3 Å². The van der Waals surface area contributed by atoms with Crippen LogP contribution in [0.25, 0.3) is 0 Å². The van der Waals surface area contributed by atoms with Crippen molar-refractivity contribution < 1.29 is 14.3 Å². The molecule has 0 unspecified atom stereocenters. The number of anilines is 1. The molecule has 0 saturated heterocycles. The summed E-state index contributed by atoms with van der Waals surface area (Å²) >= 11 is 0. The number of allylic oxidation sites excluding steroid dienone is 1. The first kappa shape index (κ1) is 23.2. The Labute approximate surface area is 199 Å². The summed E-state index contributed by atoms with van der Waals surface area (Å²) in [5.74, 6) is -0.117. The van der Waals surface area contributed by atoms with Gasteiger partial charge < -0.3 is 15.0 Å². The van der Waals surface area contributed by atoms with Gasteiger partial charge >= 0.3 is 5.97 Å². The number of hydrogen-bond donors (Lipinski definition) is 1. The minimum atomic E-state index is -0.497. The number of carbonyl (C=O) groups excluding carboxylic acids is 2. The van der Waals surface area contributed by atoms with Crippen molar-refractivity contribution in [3.8, 4) is 0 Å². The van der Waals surface area contributed by atoms with Crippen molar-refractivity contribution in [3.05, 3.63) is 88.4 Å². The van der Waals surface area contributed by atoms with Crippen LogP contribution < -0.4 is 10.2 Å². The van der Waals surface area contributed by atoms with Gasteiger partial charge in [-0.15, -0.1) is 0 Å². The molecule has 8 heteroatoms. The Balaban J connectivity index is 1.66. The number of ether oxygens (including phenoxy) is 1. The average Bonchev–Trinajstić information content (AvgIpc) is 3.30. The van der Waals surface area contributed by atoms with Crippen LogP contribution in [0.3, 0.4) is 0 Å². The molecule has 1 N–H and O–H groups in total. The lowest BCUT2D eigenvalue weighted by atomic mass is 9.94. The number of aromatic nitrogens is 3. The Morgan fingerprint density at radius 2 is 1.79 bits per heavy atom. The van der Waals surface area contributed by atoms with Gasteiger partial charge in [-0.2, -0.15) is 10.1 Å². The van der Waals surface area contributed by atoms with Crippen molar-refractivity contribution in [3.63, 3.8) is 0 Å². The summed E-state index contributed by atoms with van der Waals surface area (Å²) in [4.78, 5) is 32.2. The lowest BCUT2D eigenvalue weighted by molar-refractivity contribution is -0.139. The van der Waals surface area contributed by atoms with Crippen molar-refractivity contribution in [2.75, 3.05) is 18.1 Å². The molecule has 0 radical (unpaired) electrons. The normalized spacial score (nSPS) is 15.2. The molecule has 8 nitrogen and oxygen atoms in total. The summed E-state index contributed by atoms with van der Waals surface area (Å²) in [7, 11) is 0. The van der Waals surface area contributed by atoms with E-state index in [9.17, 15) is 9.59 Å². The number of fused-ring (bicyclic) bond motifs is 1. The second-order valence-corrected chi connectivity index (χ2v) is 8.33. The third kappa shape index (κ3) is 4.57. The maximum absolute atomic E-state index is 13.1. The first-order valence-electron chi connectivity index (χ1n) is 11.3. The summed E-state index contributed by atoms with van der Waals surface area (Å²) in [6, 6.07) is 15.4. The van der Waals surface area contributed by atoms with Crippen molar-refractivity contribution in [2.24, 2.45) is 0 Å². The van der Waals surface area contributed by atoms with Gasteiger partial charge in [0, 0.05) is 12.2 Å². The van der Waals surface area contributed by atoms with Gasteiger partial charge in [-0.1, -0.05) is 54.1 Å². The highest BCUT2D eigenvalue weighted by atomic mass is 16.5. The number of nitrogens with one attached hydrogen (secondary N) is 1. The van der Waals surface area contributed by atoms with Gasteiger partial charge in [-0.05, 0) is 44.4 Å². The van der Waals surface area contributed by atoms with Gasteiger partial charge in [0.05, 0.1) is 12.2 Å². The zero-order chi connectivity index (χ0) is 24.2. The lowest BCUT2D eigenvalue weighted by Crippen LogP contribution is -2.42. The zero-order valence-corrected chi connectivity index (χ0v) is 19.9. The summed E-state index contributed by atoms with van der Waals surface area (Å²) in [6.45, 7) is 8.28. The van der Waals surface area contributed by atoms with Gasteiger partial charge in [0.15, 0.2) is 0 Å². The molecule has 1 aliphatic heterocycles. The minimum absolute atomic E-state index is 0.0000688. The molecule has 1 aliphatic rings. The van der Waals surface area contributed by atoms with Gasteiger partial charge in [0.25, 0.3) is 0 Å². The van der Waals surface area contributed by atoms with Crippen molar-refractivity contribution in [1.82, 2.24) is 20.1 Å². The first-order valence-corrected chi connectivity index (χ1v) is 11.3. The van der Waals surface area contributed by atoms with E-state index in [1.807, 2.05) is 69.3 Å². The van der Waals surface area contributed by atoms with Gasteiger partial charge in [0.1, 0.15) is 18.9 Å². The van der Waals surface area contributed by atoms with E-state index in [0.29, 0.717) is 23.8 Å². The van der Waals surface area contributed by atoms with Crippen LogP contribution in [0.2, 0.25) is 0 Å². The standard InChI is InChI=1S/C26H29N5O3/c1-5-34-25(33)23-19(4)30(15-22(32)27-14-21-9-7-6-8-18(21)3)26-28-16-29-31(26)24(23)20-12-10-17(2)11-13-20/h6-13,16,24H,5,14-15H2,1-4H3,(H,27,32)/t24-/m0/s1. The largest absolute Gasteiger partial charge is 0.463 e. The SMILES string of the molecule is CCOC(=O)C1=C(C)N(CC(=O)NCc2ccccc2C)c2ncnn2[C@H]1c1ccc(C)cc1. The molecule has 34 heavy (non-hydrogen) atoms. The molecule has 4 rings (SSSR count). The van der Waals surface area contributed by atoms with Crippen LogP contribution in [0.15, 0.2) is 66.1 Å². The minimum Gasteiger partial charge on any atom is -0.463 e. The second-order valence-electron chi connectivity index (χ2n) is 8.33. The maximum atomic E-state index is 13.1. The quantitative estimate of drug-likeness (QED) is 0.545. The Morgan fingerprint density at radius 3 is 2.50 bits per heavy atom. The smallest absolute Gasteiger partial charge is 0.338 e. The van der Waals surface area contributed by atoms with Crippen LogP contribution in [0.5, 0.6) is 0 Å². The molecule has 0 spiro atoms. The third-order valence-corrected chi connectivity index (χ3v) is 6.04. The number of carbonyl (C=O) groups is 2. The summed E-state index contributed by atoms with van der Waals surface area (Å²) in [5, 5.41) is 7.39. The van der Waals surface area contributed by atoms with E-state index in [-0.39, 0.29) is 19.1 Å². The first-order chi connectivity index (χ1) is 16.4. The molecule has 2 heterocycles. The summed E-state index contributed by atoms with van der Waals surface area (Å²) in [5.41, 5.74) is 5.23. The number of nitrogens with zero attached hydrogens (tertiary/aromatic N) is 4. The maximum Gasteiger partial charge on any atom is 0.338 e. The second kappa shape index (κ2) is 9.91. The third-order valence-electron chi connectivity index (χ3n) is 6.04. The molecular weight excluding hydrogens is 430 g/mol. The molecule has 176 valence electrons. The Kier molecular flexibility index (Phi) is 6.77. The van der Waals surface area contributed by atoms with Crippen LogP contribution in [-0.2, 0) is 20.9 Å². The van der Waals surface area contributed by atoms with Crippen LogP contribution in [0.4, 0.5) is 5.95 Å². The van der Waals surface area contributed by atoms with Crippen LogP contribution in [-0.4, -0.2) is 39.8 Å². The number of aryl methyl sites for hydroxylation is 2. The van der Waals surface area contributed by atoms with Gasteiger partial charge in [-0.3, -0.25) is 4.79 Å². The zero-order valence-electron chi connectivity index (χ0n) is 19.9. The number of amides is 1. The van der Waals surface area contributed by atoms with E-state index in [4.69, 9.17) is 4.74 Å². The molecule has 1 atom stereocenters. The van der Waals surface area contributed by atoms with Gasteiger partial charge in [0.2, 0.25) is 11.9 Å². The molecule has 1 aromatic heterocycles. The molecule has 0 fully saturated rings. The Hall–Kier alpha value is -3.94. The van der Waals surface area contributed by atoms with Crippen LogP contribution in [0, 0.1) is 13.8 Å². The number of benzene rings is 2. The fourth-order valence-corrected chi connectivity index (χ4v) is 4.15. The summed E-state index contributed by atoms with van der Waals surface area (Å²) < 4.78 is 7.08. The molecule has 0 aliphatic carbocycles. The van der Waals surface area contributed by atoms with Crippen LogP contribution >= 0.6 is 0 Å². The van der Waals surface area contributed by atoms with E-state index in [1.165, 1.54) is 6.33 Å². The fraction of sp³-hybridized carbons (Fsp3) is 0.308. The molecule has 2 aromatic carbocycles. The topological polar surface area (TPSA) is 89.3 Å². The average molecular weight is 460 g/mol. The van der Waals surface area contributed by atoms with E-state index >= 15 is 0 Å². The highest BCUT2D eigenvalue weighted by Crippen LogP contribution is 2.38. The van der Waals surface area contributed by atoms with E-state index in [0.717, 1.165) is 22.3 Å². The van der Waals surface area contributed by atoms with Crippen LogP contribution in [0.1, 0.15) is 42.1 Å². The highest BCUT2D eigenvalue weighted by molar-refractivity contribution is 5.93. The molecule has 1 amide bonds. The predicted octanol–water partition coefficient (Wildman–Crippen LogP) is 3.46. The molecular formula is C26H29N5O3. The molecule has 0 saturated carbocycles. The van der Waals surface area contributed by atoms with E-state index in [2.05, 4.69) is 15.4 Å². The number of rotatable bonds is 7. The fourth-order valence-electron chi connectivity index (χ4n) is 4.15. The van der Waals surface area contributed by atoms with Crippen molar-refractivity contribution >= 4 is 17.8 Å². The Morgan fingerprint density at radius 1 is 1.06 bits per heavy atom. The van der Waals surface area contributed by atoms with E-state index in [1.54, 1.807) is 16.5 Å². The molecule has 3 aromatic rings. The molecule has 0 bridgehead atoms.